The van der Waals surface area contributed by atoms with Gasteiger partial charge in [-0.15, -0.1) is 0 Å². The van der Waals surface area contributed by atoms with Crippen molar-refractivity contribution in [2.75, 3.05) is 20.0 Å². The van der Waals surface area contributed by atoms with Crippen LogP contribution in [0.15, 0.2) is 34.8 Å². The second-order valence-corrected chi connectivity index (χ2v) is 5.10. The standard InChI is InChI=1S/C15H13BrFNO3/c1-20-13-7-11(16)14(21-2)6-10(13)15(19)9-5-8(17)3-4-12(9)18/h3-7H,18H2,1-2H3. The summed E-state index contributed by atoms with van der Waals surface area (Å²) in [5.74, 6) is -0.157. The van der Waals surface area contributed by atoms with Crippen molar-refractivity contribution in [3.63, 3.8) is 0 Å². The Labute approximate surface area is 129 Å². The molecule has 2 aromatic rings. The average molecular weight is 354 g/mol. The van der Waals surface area contributed by atoms with Crippen molar-refractivity contribution < 1.29 is 18.7 Å². The number of hydrogen-bond donors (Lipinski definition) is 1. The molecule has 4 nitrogen and oxygen atoms in total. The first kappa shape index (κ1) is 15.3. The summed E-state index contributed by atoms with van der Waals surface area (Å²) in [7, 11) is 2.93. The quantitative estimate of drug-likeness (QED) is 0.675. The number of nitrogens with two attached hydrogens (primary N) is 1. The molecule has 0 fully saturated rings. The summed E-state index contributed by atoms with van der Waals surface area (Å²) < 4.78 is 24.4. The second kappa shape index (κ2) is 6.13. The maximum Gasteiger partial charge on any atom is 0.199 e. The number of carbonyl (C=O) groups excluding carboxylic acids is 1. The normalized spacial score (nSPS) is 10.3. The molecule has 110 valence electrons. The molecule has 21 heavy (non-hydrogen) atoms. The minimum absolute atomic E-state index is 0.0812. The van der Waals surface area contributed by atoms with E-state index < -0.39 is 11.6 Å². The van der Waals surface area contributed by atoms with Gasteiger partial charge in [-0.25, -0.2) is 4.39 Å². The van der Waals surface area contributed by atoms with E-state index in [1.54, 1.807) is 6.07 Å². The van der Waals surface area contributed by atoms with Crippen LogP contribution in [0.4, 0.5) is 10.1 Å². The van der Waals surface area contributed by atoms with E-state index in [-0.39, 0.29) is 16.8 Å². The fraction of sp³-hybridized carbons (Fsp3) is 0.133. The van der Waals surface area contributed by atoms with E-state index in [0.29, 0.717) is 16.0 Å². The molecule has 0 aliphatic carbocycles. The summed E-state index contributed by atoms with van der Waals surface area (Å²) in [5, 5.41) is 0. The second-order valence-electron chi connectivity index (χ2n) is 4.25. The van der Waals surface area contributed by atoms with Crippen LogP contribution in [-0.4, -0.2) is 20.0 Å². The van der Waals surface area contributed by atoms with E-state index in [9.17, 15) is 9.18 Å². The number of carbonyl (C=O) groups is 1. The van der Waals surface area contributed by atoms with Gasteiger partial charge in [-0.1, -0.05) is 0 Å². The number of nitrogen functional groups attached to an aromatic ring is 1. The summed E-state index contributed by atoms with van der Waals surface area (Å²) in [6.45, 7) is 0. The molecule has 0 saturated carbocycles. The Balaban J connectivity index is 2.59. The minimum Gasteiger partial charge on any atom is -0.496 e. The highest BCUT2D eigenvalue weighted by atomic mass is 79.9. The molecule has 0 radical (unpaired) electrons. The molecule has 0 aliphatic rings. The van der Waals surface area contributed by atoms with Gasteiger partial charge in [0.1, 0.15) is 17.3 Å². The molecule has 0 heterocycles. The summed E-state index contributed by atoms with van der Waals surface area (Å²) in [4.78, 5) is 12.6. The highest BCUT2D eigenvalue weighted by Crippen LogP contribution is 2.34. The number of methoxy groups -OCH3 is 2. The monoisotopic (exact) mass is 353 g/mol. The van der Waals surface area contributed by atoms with Crippen molar-refractivity contribution in [2.24, 2.45) is 0 Å². The smallest absolute Gasteiger partial charge is 0.199 e. The lowest BCUT2D eigenvalue weighted by Crippen LogP contribution is -2.08. The Bertz CT molecular complexity index is 704. The zero-order valence-corrected chi connectivity index (χ0v) is 13.0. The molecular formula is C15H13BrFNO3. The zero-order valence-electron chi connectivity index (χ0n) is 11.4. The molecule has 0 atom stereocenters. The van der Waals surface area contributed by atoms with Gasteiger partial charge in [0.25, 0.3) is 0 Å². The van der Waals surface area contributed by atoms with E-state index in [1.165, 1.54) is 32.4 Å². The topological polar surface area (TPSA) is 61.5 Å². The Morgan fingerprint density at radius 3 is 2.38 bits per heavy atom. The molecule has 0 amide bonds. The maximum atomic E-state index is 13.3. The number of ether oxygens (including phenoxy) is 2. The van der Waals surface area contributed by atoms with Crippen LogP contribution in [0.1, 0.15) is 15.9 Å². The van der Waals surface area contributed by atoms with E-state index >= 15 is 0 Å². The first-order valence-electron chi connectivity index (χ1n) is 5.99. The minimum atomic E-state index is -0.532. The van der Waals surface area contributed by atoms with Gasteiger partial charge < -0.3 is 15.2 Å². The Hall–Kier alpha value is -2.08. The molecule has 6 heteroatoms. The molecule has 2 rings (SSSR count). The van der Waals surface area contributed by atoms with Gasteiger partial charge >= 0.3 is 0 Å². The van der Waals surface area contributed by atoms with Crippen LogP contribution in [0.25, 0.3) is 0 Å². The lowest BCUT2D eigenvalue weighted by atomic mass is 10.0. The van der Waals surface area contributed by atoms with Gasteiger partial charge in [0.2, 0.25) is 0 Å². The van der Waals surface area contributed by atoms with Crippen LogP contribution >= 0.6 is 15.9 Å². The van der Waals surface area contributed by atoms with Gasteiger partial charge in [-0.3, -0.25) is 4.79 Å². The Kier molecular flexibility index (Phi) is 4.47. The van der Waals surface area contributed by atoms with Crippen LogP contribution in [0, 0.1) is 5.82 Å². The van der Waals surface area contributed by atoms with Gasteiger partial charge in [0, 0.05) is 11.3 Å². The van der Waals surface area contributed by atoms with Crippen molar-refractivity contribution in [3.05, 3.63) is 51.7 Å². The summed E-state index contributed by atoms with van der Waals surface area (Å²) >= 11 is 3.31. The van der Waals surface area contributed by atoms with Crippen LogP contribution in [0.5, 0.6) is 11.5 Å². The lowest BCUT2D eigenvalue weighted by Gasteiger charge is -2.12. The Morgan fingerprint density at radius 2 is 1.76 bits per heavy atom. The van der Waals surface area contributed by atoms with Crippen molar-refractivity contribution in [3.8, 4) is 11.5 Å². The number of halogens is 2. The van der Waals surface area contributed by atoms with E-state index in [0.717, 1.165) is 6.07 Å². The maximum absolute atomic E-state index is 13.3. The number of rotatable bonds is 4. The van der Waals surface area contributed by atoms with Crippen molar-refractivity contribution >= 4 is 27.4 Å². The molecule has 0 aromatic heterocycles. The molecule has 2 N–H and O–H groups in total. The van der Waals surface area contributed by atoms with Crippen LogP contribution in [0.3, 0.4) is 0 Å². The van der Waals surface area contributed by atoms with Crippen LogP contribution in [0.2, 0.25) is 0 Å². The van der Waals surface area contributed by atoms with Crippen LogP contribution < -0.4 is 15.2 Å². The van der Waals surface area contributed by atoms with Gasteiger partial charge in [0.15, 0.2) is 5.78 Å². The molecule has 0 unspecified atom stereocenters. The van der Waals surface area contributed by atoms with E-state index in [2.05, 4.69) is 15.9 Å². The highest BCUT2D eigenvalue weighted by molar-refractivity contribution is 9.10. The van der Waals surface area contributed by atoms with E-state index in [4.69, 9.17) is 15.2 Å². The van der Waals surface area contributed by atoms with Gasteiger partial charge in [-0.05, 0) is 46.3 Å². The number of hydrogen-bond acceptors (Lipinski definition) is 4. The lowest BCUT2D eigenvalue weighted by molar-refractivity contribution is 0.103. The molecule has 2 aromatic carbocycles. The van der Waals surface area contributed by atoms with Gasteiger partial charge in [-0.2, -0.15) is 0 Å². The first-order valence-corrected chi connectivity index (χ1v) is 6.78. The van der Waals surface area contributed by atoms with Crippen molar-refractivity contribution in [1.29, 1.82) is 0 Å². The number of anilines is 1. The fourth-order valence-corrected chi connectivity index (χ4v) is 2.39. The van der Waals surface area contributed by atoms with E-state index in [1.807, 2.05) is 0 Å². The Morgan fingerprint density at radius 1 is 1.10 bits per heavy atom. The SMILES string of the molecule is COc1cc(C(=O)c2cc(F)ccc2N)c(OC)cc1Br. The van der Waals surface area contributed by atoms with Crippen LogP contribution in [-0.2, 0) is 0 Å². The summed E-state index contributed by atoms with van der Waals surface area (Å²) in [6, 6.07) is 6.79. The predicted octanol–water partition coefficient (Wildman–Crippen LogP) is 3.42. The molecule has 0 aliphatic heterocycles. The van der Waals surface area contributed by atoms with Crippen molar-refractivity contribution in [2.45, 2.75) is 0 Å². The molecule has 0 saturated heterocycles. The first-order chi connectivity index (χ1) is 9.97. The molecule has 0 bridgehead atoms. The zero-order chi connectivity index (χ0) is 15.6. The number of benzene rings is 2. The van der Waals surface area contributed by atoms with Gasteiger partial charge in [0.05, 0.1) is 24.3 Å². The summed E-state index contributed by atoms with van der Waals surface area (Å²) in [5.41, 5.74) is 6.28. The average Bonchev–Trinajstić information content (AvgIpc) is 2.48. The molecular weight excluding hydrogens is 341 g/mol. The fourth-order valence-electron chi connectivity index (χ4n) is 1.91. The highest BCUT2D eigenvalue weighted by Gasteiger charge is 2.20. The third kappa shape index (κ3) is 3.00. The third-order valence-corrected chi connectivity index (χ3v) is 3.60. The van der Waals surface area contributed by atoms with Crippen molar-refractivity contribution in [1.82, 2.24) is 0 Å². The molecule has 0 spiro atoms. The largest absolute Gasteiger partial charge is 0.496 e. The predicted molar refractivity (Wildman–Crippen MR) is 81.5 cm³/mol. The number of ketones is 1. The third-order valence-electron chi connectivity index (χ3n) is 2.98. The summed E-state index contributed by atoms with van der Waals surface area (Å²) in [6.07, 6.45) is 0.